The summed E-state index contributed by atoms with van der Waals surface area (Å²) in [5, 5.41) is 8.36. The molecule has 0 atom stereocenters. The Hall–Kier alpha value is -1.15. The van der Waals surface area contributed by atoms with Crippen LogP contribution in [0.25, 0.3) is 0 Å². The summed E-state index contributed by atoms with van der Waals surface area (Å²) >= 11 is 0. The molecule has 0 rings (SSSR count). The molecular weight excluding hydrogens is 238 g/mol. The summed E-state index contributed by atoms with van der Waals surface area (Å²) in [6.07, 6.45) is 0.944. The van der Waals surface area contributed by atoms with Crippen LogP contribution in [0, 0.1) is 0 Å². The van der Waals surface area contributed by atoms with E-state index in [1.54, 1.807) is 0 Å². The Bertz CT molecular complexity index is 325. The Morgan fingerprint density at radius 1 is 1.25 bits per heavy atom. The predicted molar refractivity (Wildman–Crippen MR) is 55.5 cm³/mol. The summed E-state index contributed by atoms with van der Waals surface area (Å²) in [4.78, 5) is 22.0. The SMILES string of the molecule is O=CN(CCCC(=O)O)CCCS(=O)(=O)O. The lowest BCUT2D eigenvalue weighted by Crippen LogP contribution is -2.26. The smallest absolute Gasteiger partial charge is 0.303 e. The van der Waals surface area contributed by atoms with Gasteiger partial charge in [-0.3, -0.25) is 14.1 Å². The largest absolute Gasteiger partial charge is 0.481 e. The molecule has 0 spiro atoms. The first-order valence-electron chi connectivity index (χ1n) is 4.71. The molecule has 8 heteroatoms. The summed E-state index contributed by atoms with van der Waals surface area (Å²) in [7, 11) is -4.00. The van der Waals surface area contributed by atoms with Gasteiger partial charge in [-0.1, -0.05) is 0 Å². The molecular formula is C8H15NO6S. The molecule has 0 bridgehead atoms. The monoisotopic (exact) mass is 253 g/mol. The van der Waals surface area contributed by atoms with Gasteiger partial charge in [0.05, 0.1) is 5.75 Å². The van der Waals surface area contributed by atoms with Crippen LogP contribution in [0.1, 0.15) is 19.3 Å². The van der Waals surface area contributed by atoms with Gasteiger partial charge in [0.15, 0.2) is 0 Å². The van der Waals surface area contributed by atoms with Crippen LogP contribution in [-0.4, -0.2) is 54.2 Å². The fourth-order valence-electron chi connectivity index (χ4n) is 1.10. The van der Waals surface area contributed by atoms with Gasteiger partial charge in [-0.2, -0.15) is 8.42 Å². The minimum absolute atomic E-state index is 0.0390. The number of carboxylic acid groups (broad SMARTS) is 1. The van der Waals surface area contributed by atoms with Gasteiger partial charge in [0.2, 0.25) is 6.41 Å². The Labute approximate surface area is 93.8 Å². The summed E-state index contributed by atoms with van der Waals surface area (Å²) in [6, 6.07) is 0. The molecule has 16 heavy (non-hydrogen) atoms. The highest BCUT2D eigenvalue weighted by atomic mass is 32.2. The zero-order chi connectivity index (χ0) is 12.6. The van der Waals surface area contributed by atoms with Crippen molar-refractivity contribution in [3.63, 3.8) is 0 Å². The number of nitrogens with zero attached hydrogens (tertiary/aromatic N) is 1. The number of aliphatic carboxylic acids is 1. The first kappa shape index (κ1) is 14.8. The van der Waals surface area contributed by atoms with Gasteiger partial charge >= 0.3 is 5.97 Å². The topological polar surface area (TPSA) is 112 Å². The van der Waals surface area contributed by atoms with Crippen molar-refractivity contribution in [3.8, 4) is 0 Å². The van der Waals surface area contributed by atoms with Crippen LogP contribution in [-0.2, 0) is 19.7 Å². The van der Waals surface area contributed by atoms with E-state index in [1.165, 1.54) is 4.90 Å². The average molecular weight is 253 g/mol. The molecule has 0 radical (unpaired) electrons. The summed E-state index contributed by atoms with van der Waals surface area (Å²) in [5.74, 6) is -1.35. The van der Waals surface area contributed by atoms with Crippen molar-refractivity contribution in [2.45, 2.75) is 19.3 Å². The molecule has 0 aliphatic heterocycles. The molecule has 0 saturated heterocycles. The lowest BCUT2D eigenvalue weighted by molar-refractivity contribution is -0.137. The van der Waals surface area contributed by atoms with Crippen LogP contribution < -0.4 is 0 Å². The van der Waals surface area contributed by atoms with Gasteiger partial charge in [0.1, 0.15) is 0 Å². The van der Waals surface area contributed by atoms with E-state index >= 15 is 0 Å². The number of rotatable bonds is 9. The molecule has 0 fully saturated rings. The predicted octanol–water partition coefficient (Wildman–Crippen LogP) is -0.412. The first-order chi connectivity index (χ1) is 7.35. The van der Waals surface area contributed by atoms with Crippen molar-refractivity contribution in [2.75, 3.05) is 18.8 Å². The number of carboxylic acids is 1. The van der Waals surface area contributed by atoms with Crippen LogP contribution in [0.2, 0.25) is 0 Å². The Morgan fingerprint density at radius 2 is 1.81 bits per heavy atom. The maximum absolute atomic E-state index is 10.5. The second kappa shape index (κ2) is 7.18. The molecule has 0 aliphatic carbocycles. The normalized spacial score (nSPS) is 11.1. The zero-order valence-electron chi connectivity index (χ0n) is 8.70. The van der Waals surface area contributed by atoms with E-state index in [9.17, 15) is 18.0 Å². The second-order valence-electron chi connectivity index (χ2n) is 3.28. The van der Waals surface area contributed by atoms with Crippen LogP contribution in [0.4, 0.5) is 0 Å². The molecule has 0 saturated carbocycles. The molecule has 0 aliphatic rings. The lowest BCUT2D eigenvalue weighted by atomic mass is 10.3. The second-order valence-corrected chi connectivity index (χ2v) is 4.85. The molecule has 0 heterocycles. The van der Waals surface area contributed by atoms with E-state index < -0.39 is 21.8 Å². The Kier molecular flexibility index (Phi) is 6.66. The van der Waals surface area contributed by atoms with Crippen molar-refractivity contribution in [3.05, 3.63) is 0 Å². The third-order valence-corrected chi connectivity index (χ3v) is 2.64. The van der Waals surface area contributed by atoms with Crippen LogP contribution in [0.5, 0.6) is 0 Å². The van der Waals surface area contributed by atoms with E-state index in [-0.39, 0.29) is 25.9 Å². The van der Waals surface area contributed by atoms with Gasteiger partial charge in [0.25, 0.3) is 10.1 Å². The van der Waals surface area contributed by atoms with Crippen molar-refractivity contribution in [2.24, 2.45) is 0 Å². The highest BCUT2D eigenvalue weighted by Crippen LogP contribution is 1.96. The highest BCUT2D eigenvalue weighted by molar-refractivity contribution is 7.85. The fraction of sp³-hybridized carbons (Fsp3) is 0.750. The quantitative estimate of drug-likeness (QED) is 0.426. The lowest BCUT2D eigenvalue weighted by Gasteiger charge is -2.15. The maximum Gasteiger partial charge on any atom is 0.303 e. The van der Waals surface area contributed by atoms with Crippen molar-refractivity contribution < 1.29 is 27.7 Å². The van der Waals surface area contributed by atoms with E-state index in [0.717, 1.165) is 0 Å². The van der Waals surface area contributed by atoms with E-state index in [0.29, 0.717) is 12.8 Å². The molecule has 0 unspecified atom stereocenters. The highest BCUT2D eigenvalue weighted by Gasteiger charge is 2.07. The summed E-state index contributed by atoms with van der Waals surface area (Å²) in [5.41, 5.74) is 0. The molecule has 7 nitrogen and oxygen atoms in total. The minimum atomic E-state index is -4.00. The zero-order valence-corrected chi connectivity index (χ0v) is 9.52. The first-order valence-corrected chi connectivity index (χ1v) is 6.32. The third-order valence-electron chi connectivity index (χ3n) is 1.83. The van der Waals surface area contributed by atoms with Crippen LogP contribution >= 0.6 is 0 Å². The van der Waals surface area contributed by atoms with Crippen LogP contribution in [0.15, 0.2) is 0 Å². The van der Waals surface area contributed by atoms with E-state index in [4.69, 9.17) is 9.66 Å². The molecule has 0 aromatic carbocycles. The van der Waals surface area contributed by atoms with Crippen molar-refractivity contribution >= 4 is 22.5 Å². The molecule has 1 amide bonds. The third kappa shape index (κ3) is 9.41. The molecule has 0 aromatic heterocycles. The summed E-state index contributed by atoms with van der Waals surface area (Å²) in [6.45, 7) is 0.449. The molecule has 94 valence electrons. The maximum atomic E-state index is 10.5. The fourth-order valence-corrected chi connectivity index (χ4v) is 1.59. The molecule has 0 aromatic rings. The minimum Gasteiger partial charge on any atom is -0.481 e. The van der Waals surface area contributed by atoms with Gasteiger partial charge in [-0.25, -0.2) is 0 Å². The van der Waals surface area contributed by atoms with Crippen molar-refractivity contribution in [1.82, 2.24) is 4.90 Å². The van der Waals surface area contributed by atoms with E-state index in [1.807, 2.05) is 0 Å². The standard InChI is InChI=1S/C8H15NO6S/c10-7-9(4-1-3-8(11)12)5-2-6-16(13,14)15/h7H,1-6H2,(H,11,12)(H,13,14,15). The Balaban J connectivity index is 3.75. The number of hydrogen-bond donors (Lipinski definition) is 2. The molecule has 2 N–H and O–H groups in total. The Morgan fingerprint density at radius 3 is 2.25 bits per heavy atom. The number of amides is 1. The van der Waals surface area contributed by atoms with Gasteiger partial charge in [-0.15, -0.1) is 0 Å². The average Bonchev–Trinajstić information content (AvgIpc) is 2.13. The van der Waals surface area contributed by atoms with Crippen LogP contribution in [0.3, 0.4) is 0 Å². The number of carbonyl (C=O) groups excluding carboxylic acids is 1. The van der Waals surface area contributed by atoms with Gasteiger partial charge in [0, 0.05) is 19.5 Å². The summed E-state index contributed by atoms with van der Waals surface area (Å²) < 4.78 is 29.2. The van der Waals surface area contributed by atoms with E-state index in [2.05, 4.69) is 0 Å². The van der Waals surface area contributed by atoms with Gasteiger partial charge in [-0.05, 0) is 12.8 Å². The number of carbonyl (C=O) groups is 2. The van der Waals surface area contributed by atoms with Gasteiger partial charge < -0.3 is 10.0 Å². The van der Waals surface area contributed by atoms with Crippen molar-refractivity contribution in [1.29, 1.82) is 0 Å². The number of hydrogen-bond acceptors (Lipinski definition) is 4.